The highest BCUT2D eigenvalue weighted by molar-refractivity contribution is 7.89. The molecule has 0 spiro atoms. The number of nitrogens with two attached hydrogens (primary N) is 1. The molecule has 0 aromatic heterocycles. The van der Waals surface area contributed by atoms with Crippen LogP contribution in [0.1, 0.15) is 45.4 Å². The number of nitrogens with zero attached hydrogens (tertiary/aromatic N) is 1. The van der Waals surface area contributed by atoms with Crippen LogP contribution in [0.15, 0.2) is 0 Å². The van der Waals surface area contributed by atoms with Crippen molar-refractivity contribution in [3.8, 4) is 0 Å². The van der Waals surface area contributed by atoms with Gasteiger partial charge in [-0.2, -0.15) is 4.31 Å². The molecule has 100 valence electrons. The first-order chi connectivity index (χ1) is 8.07. The number of piperidine rings is 1. The number of hydrogen-bond donors (Lipinski definition) is 1. The molecule has 2 N–H and O–H groups in total. The van der Waals surface area contributed by atoms with Gasteiger partial charge in [-0.3, -0.25) is 0 Å². The van der Waals surface area contributed by atoms with Gasteiger partial charge >= 0.3 is 0 Å². The van der Waals surface area contributed by atoms with Crippen LogP contribution in [0.5, 0.6) is 0 Å². The molecule has 1 saturated heterocycles. The van der Waals surface area contributed by atoms with E-state index in [1.54, 1.807) is 4.31 Å². The molecule has 1 aliphatic heterocycles. The van der Waals surface area contributed by atoms with Gasteiger partial charge < -0.3 is 5.73 Å². The van der Waals surface area contributed by atoms with E-state index in [0.717, 1.165) is 38.5 Å². The largest absolute Gasteiger partial charge is 0.329 e. The third-order valence-electron chi connectivity index (χ3n) is 4.36. The van der Waals surface area contributed by atoms with E-state index < -0.39 is 10.0 Å². The fourth-order valence-corrected chi connectivity index (χ4v) is 5.62. The van der Waals surface area contributed by atoms with Crippen LogP contribution in [0.2, 0.25) is 0 Å². The zero-order valence-electron chi connectivity index (χ0n) is 10.6. The van der Waals surface area contributed by atoms with Gasteiger partial charge in [0.1, 0.15) is 0 Å². The van der Waals surface area contributed by atoms with Crippen molar-refractivity contribution in [3.05, 3.63) is 0 Å². The van der Waals surface area contributed by atoms with Gasteiger partial charge in [0.15, 0.2) is 0 Å². The molecule has 2 unspecified atom stereocenters. The minimum Gasteiger partial charge on any atom is -0.329 e. The molecule has 2 fully saturated rings. The quantitative estimate of drug-likeness (QED) is 0.832. The second kappa shape index (κ2) is 5.24. The summed E-state index contributed by atoms with van der Waals surface area (Å²) in [6.07, 6.45) is 5.86. The van der Waals surface area contributed by atoms with Crippen LogP contribution in [0.25, 0.3) is 0 Å². The maximum atomic E-state index is 12.6. The first kappa shape index (κ1) is 13.3. The molecule has 4 nitrogen and oxygen atoms in total. The molecule has 1 saturated carbocycles. The SMILES string of the molecule is CC1CCCN(S(=O)(=O)C2CCCC2)C1CN. The van der Waals surface area contributed by atoms with Crippen LogP contribution < -0.4 is 5.73 Å². The van der Waals surface area contributed by atoms with E-state index in [-0.39, 0.29) is 11.3 Å². The zero-order valence-corrected chi connectivity index (χ0v) is 11.5. The summed E-state index contributed by atoms with van der Waals surface area (Å²) >= 11 is 0. The fraction of sp³-hybridized carbons (Fsp3) is 1.00. The average Bonchev–Trinajstić information content (AvgIpc) is 2.82. The Bertz CT molecular complexity index is 350. The molecule has 0 bridgehead atoms. The lowest BCUT2D eigenvalue weighted by Gasteiger charge is -2.39. The van der Waals surface area contributed by atoms with Gasteiger partial charge in [-0.15, -0.1) is 0 Å². The lowest BCUT2D eigenvalue weighted by atomic mass is 9.93. The number of sulfonamides is 1. The van der Waals surface area contributed by atoms with E-state index in [1.807, 2.05) is 0 Å². The molecule has 17 heavy (non-hydrogen) atoms. The van der Waals surface area contributed by atoms with E-state index in [9.17, 15) is 8.42 Å². The highest BCUT2D eigenvalue weighted by Gasteiger charge is 2.40. The maximum Gasteiger partial charge on any atom is 0.217 e. The second-order valence-electron chi connectivity index (χ2n) is 5.48. The molecule has 1 aliphatic carbocycles. The lowest BCUT2D eigenvalue weighted by Crippen LogP contribution is -2.53. The van der Waals surface area contributed by atoms with Crippen molar-refractivity contribution < 1.29 is 8.42 Å². The molecule has 0 aromatic carbocycles. The van der Waals surface area contributed by atoms with E-state index >= 15 is 0 Å². The predicted octanol–water partition coefficient (Wildman–Crippen LogP) is 1.32. The van der Waals surface area contributed by atoms with Crippen molar-refractivity contribution in [3.63, 3.8) is 0 Å². The van der Waals surface area contributed by atoms with Gasteiger partial charge in [-0.05, 0) is 31.6 Å². The van der Waals surface area contributed by atoms with Gasteiger partial charge in [0, 0.05) is 19.1 Å². The first-order valence-electron chi connectivity index (χ1n) is 6.78. The Kier molecular flexibility index (Phi) is 4.10. The minimum absolute atomic E-state index is 0.0225. The lowest BCUT2D eigenvalue weighted by molar-refractivity contribution is 0.191. The van der Waals surface area contributed by atoms with Crippen molar-refractivity contribution in [2.45, 2.75) is 56.7 Å². The number of hydrogen-bond acceptors (Lipinski definition) is 3. The molecule has 5 heteroatoms. The van der Waals surface area contributed by atoms with E-state index in [2.05, 4.69) is 6.92 Å². The van der Waals surface area contributed by atoms with Crippen molar-refractivity contribution >= 4 is 10.0 Å². The van der Waals surface area contributed by atoms with Crippen LogP contribution in [0.3, 0.4) is 0 Å². The summed E-state index contributed by atoms with van der Waals surface area (Å²) in [6, 6.07) is 0.0225. The van der Waals surface area contributed by atoms with Crippen LogP contribution in [0.4, 0.5) is 0 Å². The molecule has 0 radical (unpaired) electrons. The Labute approximate surface area is 105 Å². The second-order valence-corrected chi connectivity index (χ2v) is 7.65. The molecule has 2 aliphatic rings. The van der Waals surface area contributed by atoms with Crippen LogP contribution in [-0.4, -0.2) is 37.1 Å². The van der Waals surface area contributed by atoms with Gasteiger partial charge in [0.25, 0.3) is 0 Å². The minimum atomic E-state index is -3.10. The summed E-state index contributed by atoms with van der Waals surface area (Å²) in [5.74, 6) is 0.393. The molecule has 1 heterocycles. The Morgan fingerprint density at radius 2 is 1.82 bits per heavy atom. The number of rotatable bonds is 3. The fourth-order valence-electron chi connectivity index (χ4n) is 3.25. The van der Waals surface area contributed by atoms with Gasteiger partial charge in [0.05, 0.1) is 5.25 Å². The third kappa shape index (κ3) is 2.51. The highest BCUT2D eigenvalue weighted by atomic mass is 32.2. The van der Waals surface area contributed by atoms with E-state index in [1.165, 1.54) is 0 Å². The topological polar surface area (TPSA) is 63.4 Å². The van der Waals surface area contributed by atoms with Gasteiger partial charge in [-0.1, -0.05) is 19.8 Å². The summed E-state index contributed by atoms with van der Waals surface area (Å²) in [6.45, 7) is 3.24. The predicted molar refractivity (Wildman–Crippen MR) is 69.1 cm³/mol. The molecule has 2 atom stereocenters. The molecule has 0 amide bonds. The Hall–Kier alpha value is -0.130. The molecular formula is C12H24N2O2S. The van der Waals surface area contributed by atoms with Crippen molar-refractivity contribution in [1.82, 2.24) is 4.31 Å². The first-order valence-corrected chi connectivity index (χ1v) is 8.28. The maximum absolute atomic E-state index is 12.6. The van der Waals surface area contributed by atoms with E-state index in [4.69, 9.17) is 5.73 Å². The van der Waals surface area contributed by atoms with Crippen LogP contribution >= 0.6 is 0 Å². The Morgan fingerprint density at radius 1 is 1.18 bits per heavy atom. The Balaban J connectivity index is 2.18. The molecule has 0 aromatic rings. The smallest absolute Gasteiger partial charge is 0.217 e. The van der Waals surface area contributed by atoms with Gasteiger partial charge in [0.2, 0.25) is 10.0 Å². The normalized spacial score (nSPS) is 33.1. The van der Waals surface area contributed by atoms with Gasteiger partial charge in [-0.25, -0.2) is 8.42 Å². The van der Waals surface area contributed by atoms with Crippen molar-refractivity contribution in [1.29, 1.82) is 0 Å². The summed E-state index contributed by atoms with van der Waals surface area (Å²) in [7, 11) is -3.10. The standard InChI is InChI=1S/C12H24N2O2S/c1-10-5-4-8-14(12(10)9-13)17(15,16)11-6-2-3-7-11/h10-12H,2-9,13H2,1H3. The van der Waals surface area contributed by atoms with Crippen LogP contribution in [0, 0.1) is 5.92 Å². The third-order valence-corrected chi connectivity index (χ3v) is 6.78. The summed E-state index contributed by atoms with van der Waals surface area (Å²) in [5, 5.41) is -0.137. The van der Waals surface area contributed by atoms with E-state index in [0.29, 0.717) is 19.0 Å². The summed E-state index contributed by atoms with van der Waals surface area (Å²) < 4.78 is 26.9. The summed E-state index contributed by atoms with van der Waals surface area (Å²) in [5.41, 5.74) is 5.77. The Morgan fingerprint density at radius 3 is 2.41 bits per heavy atom. The highest BCUT2D eigenvalue weighted by Crippen LogP contribution is 2.32. The van der Waals surface area contributed by atoms with Crippen molar-refractivity contribution in [2.24, 2.45) is 11.7 Å². The summed E-state index contributed by atoms with van der Waals surface area (Å²) in [4.78, 5) is 0. The van der Waals surface area contributed by atoms with Crippen LogP contribution in [-0.2, 0) is 10.0 Å². The average molecular weight is 260 g/mol. The monoisotopic (exact) mass is 260 g/mol. The molecular weight excluding hydrogens is 236 g/mol. The zero-order chi connectivity index (χ0) is 12.5. The van der Waals surface area contributed by atoms with Crippen molar-refractivity contribution in [2.75, 3.05) is 13.1 Å². The molecule has 2 rings (SSSR count).